The number of nitrogens with zero attached hydrogens (tertiary/aromatic N) is 1. The van der Waals surface area contributed by atoms with Crippen molar-refractivity contribution in [2.24, 2.45) is 5.92 Å². The fourth-order valence-corrected chi connectivity index (χ4v) is 4.28. The first-order valence-electron chi connectivity index (χ1n) is 12.0. The zero-order valence-corrected chi connectivity index (χ0v) is 22.4. The second-order valence-electron chi connectivity index (χ2n) is 9.13. The Morgan fingerprint density at radius 1 is 0.973 bits per heavy atom. The number of hydrogen-bond acceptors (Lipinski definition) is 8. The monoisotopic (exact) mass is 513 g/mol. The zero-order chi connectivity index (χ0) is 27.3. The van der Waals surface area contributed by atoms with Crippen molar-refractivity contribution in [2.75, 3.05) is 48.2 Å². The van der Waals surface area contributed by atoms with Crippen LogP contribution in [0.25, 0.3) is 5.76 Å². The Labute approximate surface area is 217 Å². The molecule has 0 radical (unpaired) electrons. The summed E-state index contributed by atoms with van der Waals surface area (Å²) in [6.45, 7) is 6.87. The lowest BCUT2D eigenvalue weighted by Crippen LogP contribution is -2.32. The third-order valence-electron chi connectivity index (χ3n) is 6.10. The van der Waals surface area contributed by atoms with Gasteiger partial charge in [0.25, 0.3) is 11.7 Å². The highest BCUT2D eigenvalue weighted by Gasteiger charge is 2.46. The molecule has 1 N–H and O–H groups in total. The number of carbonyl (C=O) groups is 2. The number of benzene rings is 2. The van der Waals surface area contributed by atoms with Crippen LogP contribution in [0.2, 0.25) is 0 Å². The molecule has 200 valence electrons. The molecule has 1 saturated heterocycles. The fraction of sp³-hybridized carbons (Fsp3) is 0.429. The number of Topliss-reactive ketones (excluding diaryl/α,β-unsaturated/α-hetero) is 1. The van der Waals surface area contributed by atoms with Gasteiger partial charge < -0.3 is 33.7 Å². The molecule has 1 atom stereocenters. The summed E-state index contributed by atoms with van der Waals surface area (Å²) in [6.07, 6.45) is 0. The summed E-state index contributed by atoms with van der Waals surface area (Å²) < 4.78 is 27.4. The van der Waals surface area contributed by atoms with E-state index in [0.29, 0.717) is 46.6 Å². The summed E-state index contributed by atoms with van der Waals surface area (Å²) >= 11 is 0. The van der Waals surface area contributed by atoms with Crippen LogP contribution < -0.4 is 18.9 Å². The molecule has 1 aliphatic heterocycles. The largest absolute Gasteiger partial charge is 0.507 e. The van der Waals surface area contributed by atoms with E-state index < -0.39 is 17.7 Å². The summed E-state index contributed by atoms with van der Waals surface area (Å²) in [5.41, 5.74) is 1.67. The van der Waals surface area contributed by atoms with Gasteiger partial charge in [-0.1, -0.05) is 13.8 Å². The Kier molecular flexibility index (Phi) is 9.04. The minimum Gasteiger partial charge on any atom is -0.507 e. The number of ether oxygens (including phenoxy) is 5. The van der Waals surface area contributed by atoms with Gasteiger partial charge in [-0.25, -0.2) is 0 Å². The minimum atomic E-state index is -0.902. The lowest BCUT2D eigenvalue weighted by atomic mass is 9.94. The maximum Gasteiger partial charge on any atom is 0.295 e. The van der Waals surface area contributed by atoms with Crippen molar-refractivity contribution in [1.82, 2.24) is 4.90 Å². The highest BCUT2D eigenvalue weighted by atomic mass is 16.5. The predicted octanol–water partition coefficient (Wildman–Crippen LogP) is 4.12. The summed E-state index contributed by atoms with van der Waals surface area (Å²) in [5, 5.41) is 11.4. The van der Waals surface area contributed by atoms with E-state index >= 15 is 0 Å². The second-order valence-corrected chi connectivity index (χ2v) is 9.13. The standard InChI is InChI=1S/C28H35NO8/c1-16(2)15-37-20-9-8-18(12-17(20)3)25(30)23-24(29(10-11-33-4)28(32)26(23)31)19-13-21(34-5)27(36-7)22(14-19)35-6/h8-9,12-14,16,24,30H,10-11,15H2,1-7H3/b25-23+/t24-/m0/s1. The van der Waals surface area contributed by atoms with Gasteiger partial charge in [0.05, 0.1) is 46.2 Å². The summed E-state index contributed by atoms with van der Waals surface area (Å²) in [5.74, 6) is 0.330. The summed E-state index contributed by atoms with van der Waals surface area (Å²) in [4.78, 5) is 27.8. The van der Waals surface area contributed by atoms with Crippen LogP contribution in [0.5, 0.6) is 23.0 Å². The molecule has 37 heavy (non-hydrogen) atoms. The molecule has 0 unspecified atom stereocenters. The van der Waals surface area contributed by atoms with Crippen LogP contribution in [-0.4, -0.2) is 69.9 Å². The zero-order valence-electron chi connectivity index (χ0n) is 22.4. The maximum absolute atomic E-state index is 13.3. The van der Waals surface area contributed by atoms with E-state index in [4.69, 9.17) is 23.7 Å². The third-order valence-corrected chi connectivity index (χ3v) is 6.10. The van der Waals surface area contributed by atoms with E-state index in [1.165, 1.54) is 33.3 Å². The predicted molar refractivity (Wildman–Crippen MR) is 138 cm³/mol. The summed E-state index contributed by atoms with van der Waals surface area (Å²) in [7, 11) is 5.96. The molecule has 1 amide bonds. The molecule has 9 nitrogen and oxygen atoms in total. The van der Waals surface area contributed by atoms with Crippen molar-refractivity contribution in [2.45, 2.75) is 26.8 Å². The first-order chi connectivity index (χ1) is 17.7. The molecule has 2 aromatic rings. The van der Waals surface area contributed by atoms with E-state index in [2.05, 4.69) is 13.8 Å². The average molecular weight is 514 g/mol. The number of ketones is 1. The average Bonchev–Trinajstić information content (AvgIpc) is 3.14. The van der Waals surface area contributed by atoms with E-state index in [0.717, 1.165) is 5.56 Å². The quantitative estimate of drug-likeness (QED) is 0.272. The number of likely N-dealkylation sites (tertiary alicyclic amines) is 1. The van der Waals surface area contributed by atoms with Crippen molar-refractivity contribution < 1.29 is 38.4 Å². The maximum atomic E-state index is 13.3. The van der Waals surface area contributed by atoms with Crippen LogP contribution >= 0.6 is 0 Å². The number of carbonyl (C=O) groups excluding carboxylic acids is 2. The van der Waals surface area contributed by atoms with E-state index in [1.807, 2.05) is 6.92 Å². The first kappa shape index (κ1) is 27.9. The Morgan fingerprint density at radius 2 is 1.62 bits per heavy atom. The van der Waals surface area contributed by atoms with Crippen molar-refractivity contribution in [1.29, 1.82) is 0 Å². The van der Waals surface area contributed by atoms with Crippen LogP contribution in [0.15, 0.2) is 35.9 Å². The highest BCUT2D eigenvalue weighted by Crippen LogP contribution is 2.45. The summed E-state index contributed by atoms with van der Waals surface area (Å²) in [6, 6.07) is 7.59. The number of aryl methyl sites for hydroxylation is 1. The Hall–Kier alpha value is -3.72. The van der Waals surface area contributed by atoms with Gasteiger partial charge in [0.2, 0.25) is 5.75 Å². The van der Waals surface area contributed by atoms with Crippen molar-refractivity contribution in [3.05, 3.63) is 52.6 Å². The smallest absolute Gasteiger partial charge is 0.295 e. The normalized spacial score (nSPS) is 16.9. The van der Waals surface area contributed by atoms with Crippen LogP contribution in [-0.2, 0) is 14.3 Å². The van der Waals surface area contributed by atoms with Gasteiger partial charge >= 0.3 is 0 Å². The SMILES string of the molecule is COCCN1C(=O)C(=O)/C(=C(/O)c2ccc(OCC(C)C)c(C)c2)[C@@H]1c1cc(OC)c(OC)c(OC)c1. The number of hydrogen-bond donors (Lipinski definition) is 1. The fourth-order valence-electron chi connectivity index (χ4n) is 4.28. The molecule has 1 heterocycles. The van der Waals surface area contributed by atoms with Crippen molar-refractivity contribution >= 4 is 17.4 Å². The molecule has 1 aliphatic rings. The van der Waals surface area contributed by atoms with Crippen molar-refractivity contribution in [3.63, 3.8) is 0 Å². The lowest BCUT2D eigenvalue weighted by molar-refractivity contribution is -0.140. The molecular formula is C28H35NO8. The Morgan fingerprint density at radius 3 is 2.14 bits per heavy atom. The van der Waals surface area contributed by atoms with Crippen LogP contribution in [0.1, 0.15) is 36.6 Å². The van der Waals surface area contributed by atoms with E-state index in [1.54, 1.807) is 30.3 Å². The Balaban J connectivity index is 2.18. The molecular weight excluding hydrogens is 478 g/mol. The first-order valence-corrected chi connectivity index (χ1v) is 12.0. The van der Waals surface area contributed by atoms with Gasteiger partial charge in [0.1, 0.15) is 11.5 Å². The number of amides is 1. The molecule has 2 aromatic carbocycles. The lowest BCUT2D eigenvalue weighted by Gasteiger charge is -2.26. The van der Waals surface area contributed by atoms with Gasteiger partial charge in [-0.05, 0) is 54.3 Å². The van der Waals surface area contributed by atoms with E-state index in [-0.39, 0.29) is 24.5 Å². The molecule has 9 heteroatoms. The molecule has 0 saturated carbocycles. The highest BCUT2D eigenvalue weighted by molar-refractivity contribution is 6.46. The van der Waals surface area contributed by atoms with Gasteiger partial charge in [-0.3, -0.25) is 9.59 Å². The van der Waals surface area contributed by atoms with Crippen LogP contribution in [0, 0.1) is 12.8 Å². The van der Waals surface area contributed by atoms with Gasteiger partial charge in [0.15, 0.2) is 11.5 Å². The molecule has 0 bridgehead atoms. The molecule has 0 spiro atoms. The molecule has 3 rings (SSSR count). The van der Waals surface area contributed by atoms with Gasteiger partial charge in [0, 0.05) is 19.2 Å². The van der Waals surface area contributed by atoms with Gasteiger partial charge in [-0.15, -0.1) is 0 Å². The minimum absolute atomic E-state index is 0.0365. The second kappa shape index (κ2) is 12.0. The Bertz CT molecular complexity index is 1160. The van der Waals surface area contributed by atoms with Crippen molar-refractivity contribution in [3.8, 4) is 23.0 Å². The molecule has 1 fully saturated rings. The molecule has 0 aromatic heterocycles. The topological polar surface area (TPSA) is 104 Å². The van der Waals surface area contributed by atoms with Crippen LogP contribution in [0.3, 0.4) is 0 Å². The van der Waals surface area contributed by atoms with Gasteiger partial charge in [-0.2, -0.15) is 0 Å². The van der Waals surface area contributed by atoms with Crippen LogP contribution in [0.4, 0.5) is 0 Å². The number of methoxy groups -OCH3 is 4. The van der Waals surface area contributed by atoms with E-state index in [9.17, 15) is 14.7 Å². The molecule has 0 aliphatic carbocycles. The number of aliphatic hydroxyl groups excluding tert-OH is 1. The number of aliphatic hydroxyl groups is 1. The number of rotatable bonds is 11. The third kappa shape index (κ3) is 5.67.